The summed E-state index contributed by atoms with van der Waals surface area (Å²) in [6.45, 7) is 4.77. The predicted molar refractivity (Wildman–Crippen MR) is 68.5 cm³/mol. The van der Waals surface area contributed by atoms with Crippen LogP contribution in [0.2, 0.25) is 0 Å². The molecule has 0 aliphatic heterocycles. The Labute approximate surface area is 108 Å². The van der Waals surface area contributed by atoms with Gasteiger partial charge in [0.05, 0.1) is 13.2 Å². The molecule has 0 spiro atoms. The lowest BCUT2D eigenvalue weighted by Gasteiger charge is -2.13. The lowest BCUT2D eigenvalue weighted by Crippen LogP contribution is -2.18. The summed E-state index contributed by atoms with van der Waals surface area (Å²) in [6, 6.07) is 3.80. The van der Waals surface area contributed by atoms with Crippen LogP contribution in [0, 0.1) is 6.92 Å². The Hall–Kier alpha value is -0.880. The van der Waals surface area contributed by atoms with Crippen LogP contribution in [0.15, 0.2) is 16.5 Å². The SMILES string of the molecule is COCCCOCCOC(CN)c1ccc(C)o1. The highest BCUT2D eigenvalue weighted by Gasteiger charge is 2.13. The lowest BCUT2D eigenvalue weighted by atomic mass is 10.3. The van der Waals surface area contributed by atoms with E-state index in [4.69, 9.17) is 24.4 Å². The highest BCUT2D eigenvalue weighted by atomic mass is 16.5. The van der Waals surface area contributed by atoms with E-state index in [1.165, 1.54) is 0 Å². The highest BCUT2D eigenvalue weighted by Crippen LogP contribution is 2.18. The minimum absolute atomic E-state index is 0.193. The van der Waals surface area contributed by atoms with Crippen LogP contribution in [0.1, 0.15) is 24.0 Å². The lowest BCUT2D eigenvalue weighted by molar-refractivity contribution is -0.00421. The normalized spacial score (nSPS) is 12.8. The van der Waals surface area contributed by atoms with Gasteiger partial charge in [-0.25, -0.2) is 0 Å². The summed E-state index contributed by atoms with van der Waals surface area (Å²) in [5, 5.41) is 0. The van der Waals surface area contributed by atoms with Gasteiger partial charge in [-0.1, -0.05) is 0 Å². The van der Waals surface area contributed by atoms with Crippen LogP contribution in [0.5, 0.6) is 0 Å². The fraction of sp³-hybridized carbons (Fsp3) is 0.692. The summed E-state index contributed by atoms with van der Waals surface area (Å²) in [5.41, 5.74) is 5.65. The van der Waals surface area contributed by atoms with Gasteiger partial charge in [0.1, 0.15) is 17.6 Å². The molecule has 2 N–H and O–H groups in total. The predicted octanol–water partition coefficient (Wildman–Crippen LogP) is 1.66. The summed E-state index contributed by atoms with van der Waals surface area (Å²) in [4.78, 5) is 0. The molecule has 0 saturated heterocycles. The van der Waals surface area contributed by atoms with Crippen LogP contribution in [0.3, 0.4) is 0 Å². The van der Waals surface area contributed by atoms with E-state index in [2.05, 4.69) is 0 Å². The molecule has 0 aromatic carbocycles. The Morgan fingerprint density at radius 1 is 1.22 bits per heavy atom. The molecule has 0 saturated carbocycles. The summed E-state index contributed by atoms with van der Waals surface area (Å²) in [7, 11) is 1.68. The van der Waals surface area contributed by atoms with E-state index in [0.29, 0.717) is 26.4 Å². The van der Waals surface area contributed by atoms with Gasteiger partial charge in [0.25, 0.3) is 0 Å². The first kappa shape index (κ1) is 15.2. The third-order valence-corrected chi connectivity index (χ3v) is 2.48. The van der Waals surface area contributed by atoms with Crippen LogP contribution < -0.4 is 5.73 Å². The van der Waals surface area contributed by atoms with Gasteiger partial charge in [-0.05, 0) is 25.5 Å². The molecule has 1 unspecified atom stereocenters. The summed E-state index contributed by atoms with van der Waals surface area (Å²) in [6.07, 6.45) is 0.704. The van der Waals surface area contributed by atoms with Crippen molar-refractivity contribution in [3.8, 4) is 0 Å². The maximum atomic E-state index is 5.65. The highest BCUT2D eigenvalue weighted by molar-refractivity contribution is 5.08. The Morgan fingerprint density at radius 3 is 2.67 bits per heavy atom. The number of hydrogen-bond acceptors (Lipinski definition) is 5. The van der Waals surface area contributed by atoms with Crippen molar-refractivity contribution in [2.45, 2.75) is 19.4 Å². The van der Waals surface area contributed by atoms with E-state index in [1.807, 2.05) is 19.1 Å². The maximum Gasteiger partial charge on any atom is 0.134 e. The number of hydrogen-bond donors (Lipinski definition) is 1. The topological polar surface area (TPSA) is 66.8 Å². The Morgan fingerprint density at radius 2 is 2.06 bits per heavy atom. The molecule has 1 aromatic heterocycles. The molecule has 1 aromatic rings. The number of ether oxygens (including phenoxy) is 3. The number of rotatable bonds is 10. The van der Waals surface area contributed by atoms with Gasteiger partial charge in [-0.15, -0.1) is 0 Å². The molecule has 0 bridgehead atoms. The average Bonchev–Trinajstić information content (AvgIpc) is 2.79. The zero-order chi connectivity index (χ0) is 13.2. The van der Waals surface area contributed by atoms with Gasteiger partial charge in [-0.3, -0.25) is 0 Å². The fourth-order valence-corrected chi connectivity index (χ4v) is 1.55. The Balaban J connectivity index is 2.13. The molecule has 0 aliphatic carbocycles. The monoisotopic (exact) mass is 257 g/mol. The van der Waals surface area contributed by atoms with Crippen molar-refractivity contribution in [1.82, 2.24) is 0 Å². The quantitative estimate of drug-likeness (QED) is 0.646. The van der Waals surface area contributed by atoms with E-state index in [0.717, 1.165) is 24.5 Å². The van der Waals surface area contributed by atoms with Crippen LogP contribution in [0.4, 0.5) is 0 Å². The summed E-state index contributed by atoms with van der Waals surface area (Å²) >= 11 is 0. The largest absolute Gasteiger partial charge is 0.464 e. The maximum absolute atomic E-state index is 5.65. The van der Waals surface area contributed by atoms with Crippen molar-refractivity contribution in [3.05, 3.63) is 23.7 Å². The molecule has 18 heavy (non-hydrogen) atoms. The molecule has 104 valence electrons. The first-order valence-corrected chi connectivity index (χ1v) is 6.22. The van der Waals surface area contributed by atoms with Crippen molar-refractivity contribution in [2.24, 2.45) is 5.73 Å². The second kappa shape index (κ2) is 9.10. The standard InChI is InChI=1S/C13H23NO4/c1-11-4-5-12(18-11)13(10-14)17-9-8-16-7-3-6-15-2/h4-5,13H,3,6-10,14H2,1-2H3. The van der Waals surface area contributed by atoms with Gasteiger partial charge in [0, 0.05) is 26.9 Å². The van der Waals surface area contributed by atoms with Crippen molar-refractivity contribution < 1.29 is 18.6 Å². The number of nitrogens with two attached hydrogens (primary N) is 1. The second-order valence-corrected chi connectivity index (χ2v) is 4.00. The minimum Gasteiger partial charge on any atom is -0.464 e. The first-order chi connectivity index (χ1) is 8.77. The second-order valence-electron chi connectivity index (χ2n) is 4.00. The molecule has 5 nitrogen and oxygen atoms in total. The summed E-state index contributed by atoms with van der Waals surface area (Å²) in [5.74, 6) is 1.64. The molecule has 0 fully saturated rings. The molecule has 1 atom stereocenters. The van der Waals surface area contributed by atoms with Crippen molar-refractivity contribution >= 4 is 0 Å². The Bertz CT molecular complexity index is 314. The molecular weight excluding hydrogens is 234 g/mol. The Kier molecular flexibility index (Phi) is 7.68. The van der Waals surface area contributed by atoms with Gasteiger partial charge < -0.3 is 24.4 Å². The fourth-order valence-electron chi connectivity index (χ4n) is 1.55. The van der Waals surface area contributed by atoms with Gasteiger partial charge in [0.2, 0.25) is 0 Å². The molecule has 1 rings (SSSR count). The zero-order valence-corrected chi connectivity index (χ0v) is 11.2. The molecule has 0 radical (unpaired) electrons. The van der Waals surface area contributed by atoms with E-state index in [9.17, 15) is 0 Å². The van der Waals surface area contributed by atoms with Crippen LogP contribution in [-0.2, 0) is 14.2 Å². The number of furan rings is 1. The molecule has 5 heteroatoms. The minimum atomic E-state index is -0.193. The van der Waals surface area contributed by atoms with E-state index in [-0.39, 0.29) is 6.10 Å². The molecule has 1 heterocycles. The van der Waals surface area contributed by atoms with Crippen molar-refractivity contribution in [2.75, 3.05) is 40.1 Å². The number of aryl methyl sites for hydroxylation is 1. The van der Waals surface area contributed by atoms with Gasteiger partial charge in [0.15, 0.2) is 0 Å². The van der Waals surface area contributed by atoms with E-state index in [1.54, 1.807) is 7.11 Å². The molecular formula is C13H23NO4. The van der Waals surface area contributed by atoms with Crippen LogP contribution in [0.25, 0.3) is 0 Å². The third kappa shape index (κ3) is 5.64. The third-order valence-electron chi connectivity index (χ3n) is 2.48. The van der Waals surface area contributed by atoms with Crippen LogP contribution in [-0.4, -0.2) is 40.1 Å². The van der Waals surface area contributed by atoms with Crippen molar-refractivity contribution in [3.63, 3.8) is 0 Å². The van der Waals surface area contributed by atoms with Crippen molar-refractivity contribution in [1.29, 1.82) is 0 Å². The van der Waals surface area contributed by atoms with Crippen LogP contribution >= 0.6 is 0 Å². The van der Waals surface area contributed by atoms with Gasteiger partial charge in [-0.2, -0.15) is 0 Å². The first-order valence-electron chi connectivity index (χ1n) is 6.22. The number of methoxy groups -OCH3 is 1. The molecule has 0 amide bonds. The summed E-state index contributed by atoms with van der Waals surface area (Å²) < 4.78 is 21.4. The smallest absolute Gasteiger partial charge is 0.134 e. The molecule has 0 aliphatic rings. The zero-order valence-electron chi connectivity index (χ0n) is 11.2. The van der Waals surface area contributed by atoms with E-state index >= 15 is 0 Å². The average molecular weight is 257 g/mol. The van der Waals surface area contributed by atoms with E-state index < -0.39 is 0 Å². The van der Waals surface area contributed by atoms with Gasteiger partial charge >= 0.3 is 0 Å².